The van der Waals surface area contributed by atoms with Crippen molar-refractivity contribution in [1.82, 2.24) is 5.32 Å². The van der Waals surface area contributed by atoms with E-state index >= 15 is 0 Å². The van der Waals surface area contributed by atoms with Crippen molar-refractivity contribution in [2.45, 2.75) is 25.2 Å². The number of amides is 1. The second-order valence-corrected chi connectivity index (χ2v) is 6.87. The molecule has 1 unspecified atom stereocenters. The highest BCUT2D eigenvalue weighted by Crippen LogP contribution is 2.42. The van der Waals surface area contributed by atoms with Gasteiger partial charge in [-0.05, 0) is 36.5 Å². The first-order valence-electron chi connectivity index (χ1n) is 8.78. The third-order valence-electron chi connectivity index (χ3n) is 5.05. The van der Waals surface area contributed by atoms with Crippen LogP contribution in [0.1, 0.15) is 57.0 Å². The van der Waals surface area contributed by atoms with Gasteiger partial charge in [0.25, 0.3) is 5.91 Å². The number of ether oxygens (including phenoxy) is 1. The lowest BCUT2D eigenvalue weighted by atomic mass is 9.89. The van der Waals surface area contributed by atoms with Gasteiger partial charge in [-0.25, -0.2) is 0 Å². The van der Waals surface area contributed by atoms with E-state index in [4.69, 9.17) is 4.74 Å². The van der Waals surface area contributed by atoms with Gasteiger partial charge in [0, 0.05) is 30.5 Å². The number of rotatable bonds is 5. The monoisotopic (exact) mass is 335 g/mol. The molecule has 1 heterocycles. The Kier molecular flexibility index (Phi) is 4.04. The molecule has 0 radical (unpaired) electrons. The van der Waals surface area contributed by atoms with Crippen molar-refractivity contribution in [3.63, 3.8) is 0 Å². The summed E-state index contributed by atoms with van der Waals surface area (Å²) in [4.78, 5) is 25.0. The number of Topliss-reactive ketones (excluding diaryl/α,β-unsaturated/α-hetero) is 1. The van der Waals surface area contributed by atoms with E-state index in [2.05, 4.69) is 17.4 Å². The van der Waals surface area contributed by atoms with Crippen LogP contribution in [0, 0.1) is 5.92 Å². The fourth-order valence-corrected chi connectivity index (χ4v) is 3.46. The molecule has 25 heavy (non-hydrogen) atoms. The molecular formula is C21H21NO3. The number of carbonyl (C=O) groups is 2. The van der Waals surface area contributed by atoms with Gasteiger partial charge in [-0.3, -0.25) is 9.59 Å². The van der Waals surface area contributed by atoms with Crippen molar-refractivity contribution in [1.29, 1.82) is 0 Å². The second-order valence-electron chi connectivity index (χ2n) is 6.87. The minimum atomic E-state index is -0.217. The molecule has 1 fully saturated rings. The molecule has 4 rings (SSSR count). The van der Waals surface area contributed by atoms with Crippen molar-refractivity contribution >= 4 is 11.7 Å². The number of fused-ring (bicyclic) bond motifs is 1. The Morgan fingerprint density at radius 3 is 2.60 bits per heavy atom. The number of nitrogens with one attached hydrogen (secondary N) is 1. The zero-order chi connectivity index (χ0) is 17.4. The van der Waals surface area contributed by atoms with Gasteiger partial charge in [-0.15, -0.1) is 0 Å². The molecule has 1 aliphatic heterocycles. The second kappa shape index (κ2) is 6.36. The summed E-state index contributed by atoms with van der Waals surface area (Å²) in [6.45, 7) is 0.490. The molecule has 0 saturated heterocycles. The summed E-state index contributed by atoms with van der Waals surface area (Å²) in [7, 11) is 1.59. The van der Waals surface area contributed by atoms with Crippen LogP contribution in [0.5, 0.6) is 5.75 Å². The average molecular weight is 335 g/mol. The summed E-state index contributed by atoms with van der Waals surface area (Å²) >= 11 is 0. The SMILES string of the molecule is CNC(=O)c1cc(C(=O)CC2CC2)cc2c1OCC2c1ccccc1. The zero-order valence-electron chi connectivity index (χ0n) is 14.2. The molecule has 0 bridgehead atoms. The topological polar surface area (TPSA) is 55.4 Å². The lowest BCUT2D eigenvalue weighted by molar-refractivity contribution is 0.0960. The number of benzene rings is 2. The summed E-state index contributed by atoms with van der Waals surface area (Å²) in [5.41, 5.74) is 3.15. The van der Waals surface area contributed by atoms with Gasteiger partial charge in [0.05, 0.1) is 12.2 Å². The maximum Gasteiger partial charge on any atom is 0.254 e. The van der Waals surface area contributed by atoms with E-state index in [1.54, 1.807) is 13.1 Å². The van der Waals surface area contributed by atoms with Gasteiger partial charge < -0.3 is 10.1 Å². The van der Waals surface area contributed by atoms with Crippen LogP contribution in [0.3, 0.4) is 0 Å². The van der Waals surface area contributed by atoms with Crippen LogP contribution >= 0.6 is 0 Å². The molecule has 4 heteroatoms. The quantitative estimate of drug-likeness (QED) is 0.850. The van der Waals surface area contributed by atoms with E-state index in [0.29, 0.717) is 35.8 Å². The van der Waals surface area contributed by atoms with Crippen molar-refractivity contribution < 1.29 is 14.3 Å². The molecule has 0 spiro atoms. The normalized spacial score (nSPS) is 18.4. The van der Waals surface area contributed by atoms with Gasteiger partial charge in [0.2, 0.25) is 0 Å². The fraction of sp³-hybridized carbons (Fsp3) is 0.333. The van der Waals surface area contributed by atoms with Gasteiger partial charge in [-0.2, -0.15) is 0 Å². The molecule has 1 atom stereocenters. The maximum absolute atomic E-state index is 12.6. The van der Waals surface area contributed by atoms with Gasteiger partial charge >= 0.3 is 0 Å². The third kappa shape index (κ3) is 3.04. The van der Waals surface area contributed by atoms with Crippen LogP contribution in [0.25, 0.3) is 0 Å². The smallest absolute Gasteiger partial charge is 0.254 e. The molecule has 0 aromatic heterocycles. The van der Waals surface area contributed by atoms with Crippen molar-refractivity contribution in [3.05, 3.63) is 64.7 Å². The predicted octanol–water partition coefficient (Wildman–Crippen LogP) is 3.55. The molecular weight excluding hydrogens is 314 g/mol. The minimum absolute atomic E-state index is 0.0493. The standard InChI is InChI=1S/C21H21NO3/c1-22-21(24)17-11-15(19(23)9-13-7-8-13)10-16-18(12-25-20(16)17)14-5-3-2-4-6-14/h2-6,10-11,13,18H,7-9,12H2,1H3,(H,22,24). The van der Waals surface area contributed by atoms with Gasteiger partial charge in [0.1, 0.15) is 5.75 Å². The molecule has 4 nitrogen and oxygen atoms in total. The van der Waals surface area contributed by atoms with E-state index in [0.717, 1.165) is 24.0 Å². The van der Waals surface area contributed by atoms with E-state index < -0.39 is 0 Å². The summed E-state index contributed by atoms with van der Waals surface area (Å²) in [6, 6.07) is 13.7. The number of ketones is 1. The Hall–Kier alpha value is -2.62. The summed E-state index contributed by atoms with van der Waals surface area (Å²) in [5, 5.41) is 2.65. The first-order chi connectivity index (χ1) is 12.2. The van der Waals surface area contributed by atoms with E-state index in [9.17, 15) is 9.59 Å². The Labute approximate surface area is 147 Å². The van der Waals surface area contributed by atoms with Crippen LogP contribution in [0.15, 0.2) is 42.5 Å². The Morgan fingerprint density at radius 2 is 1.92 bits per heavy atom. The Morgan fingerprint density at radius 1 is 1.16 bits per heavy atom. The van der Waals surface area contributed by atoms with Gasteiger partial charge in [-0.1, -0.05) is 30.3 Å². The number of carbonyl (C=O) groups excluding carboxylic acids is 2. The highest BCUT2D eigenvalue weighted by molar-refractivity contribution is 6.03. The first kappa shape index (κ1) is 15.9. The third-order valence-corrected chi connectivity index (χ3v) is 5.05. The van der Waals surface area contributed by atoms with Crippen LogP contribution < -0.4 is 10.1 Å². The first-order valence-corrected chi connectivity index (χ1v) is 8.78. The number of hydrogen-bond acceptors (Lipinski definition) is 3. The lowest BCUT2D eigenvalue weighted by Gasteiger charge is -2.12. The maximum atomic E-state index is 12.6. The molecule has 1 N–H and O–H groups in total. The molecule has 1 saturated carbocycles. The van der Waals surface area contributed by atoms with Crippen LogP contribution in [0.4, 0.5) is 0 Å². The minimum Gasteiger partial charge on any atom is -0.491 e. The molecule has 2 aromatic rings. The highest BCUT2D eigenvalue weighted by atomic mass is 16.5. The van der Waals surface area contributed by atoms with Gasteiger partial charge in [0.15, 0.2) is 5.78 Å². The summed E-state index contributed by atoms with van der Waals surface area (Å²) in [5.74, 6) is 1.08. The lowest BCUT2D eigenvalue weighted by Crippen LogP contribution is -2.19. The predicted molar refractivity (Wildman–Crippen MR) is 95.3 cm³/mol. The molecule has 2 aromatic carbocycles. The van der Waals surface area contributed by atoms with E-state index in [-0.39, 0.29) is 17.6 Å². The highest BCUT2D eigenvalue weighted by Gasteiger charge is 2.32. The van der Waals surface area contributed by atoms with Crippen molar-refractivity contribution in [2.75, 3.05) is 13.7 Å². The molecule has 1 aliphatic carbocycles. The van der Waals surface area contributed by atoms with Crippen LogP contribution in [-0.4, -0.2) is 25.3 Å². The van der Waals surface area contributed by atoms with E-state index in [1.807, 2.05) is 24.3 Å². The fourth-order valence-electron chi connectivity index (χ4n) is 3.46. The molecule has 128 valence electrons. The van der Waals surface area contributed by atoms with E-state index in [1.165, 1.54) is 0 Å². The Bertz CT molecular complexity index is 825. The molecule has 2 aliphatic rings. The Balaban J connectivity index is 1.78. The largest absolute Gasteiger partial charge is 0.491 e. The average Bonchev–Trinajstić information content (AvgIpc) is 3.36. The van der Waals surface area contributed by atoms with Crippen molar-refractivity contribution in [2.24, 2.45) is 5.92 Å². The summed E-state index contributed by atoms with van der Waals surface area (Å²) in [6.07, 6.45) is 2.84. The molecule has 1 amide bonds. The zero-order valence-corrected chi connectivity index (χ0v) is 14.2. The van der Waals surface area contributed by atoms with Crippen molar-refractivity contribution in [3.8, 4) is 5.75 Å². The van der Waals surface area contributed by atoms with Crippen LogP contribution in [0.2, 0.25) is 0 Å². The number of hydrogen-bond donors (Lipinski definition) is 1. The van der Waals surface area contributed by atoms with Crippen LogP contribution in [-0.2, 0) is 0 Å². The summed E-state index contributed by atoms with van der Waals surface area (Å²) < 4.78 is 5.88.